The van der Waals surface area contributed by atoms with Crippen molar-refractivity contribution in [2.45, 2.75) is 52.8 Å². The van der Waals surface area contributed by atoms with Crippen molar-refractivity contribution >= 4 is 11.6 Å². The molecule has 6 heteroatoms. The Kier molecular flexibility index (Phi) is 5.58. The zero-order valence-electron chi connectivity index (χ0n) is 14.6. The van der Waals surface area contributed by atoms with Crippen molar-refractivity contribution < 1.29 is 18.0 Å². The zero-order valence-corrected chi connectivity index (χ0v) is 14.6. The standard InChI is InChI=1S/C18H25F3N2O/c1-11-8-12(2)16(13(3)9-11)22-17(24)14(4)23-7-5-6-15(10-23)18(19,20)21/h8-9,14-15H,5-7,10H2,1-4H3,(H,22,24)/t14-,15-/m0/s1. The first kappa shape index (κ1) is 18.8. The summed E-state index contributed by atoms with van der Waals surface area (Å²) in [5.74, 6) is -1.60. The fraction of sp³-hybridized carbons (Fsp3) is 0.611. The van der Waals surface area contributed by atoms with Gasteiger partial charge in [0.25, 0.3) is 0 Å². The molecule has 1 amide bonds. The third-order valence-corrected chi connectivity index (χ3v) is 4.77. The van der Waals surface area contributed by atoms with Gasteiger partial charge in [-0.3, -0.25) is 9.69 Å². The van der Waals surface area contributed by atoms with Crippen LogP contribution in [-0.4, -0.2) is 36.1 Å². The molecule has 1 aromatic carbocycles. The molecule has 1 aromatic rings. The molecule has 0 aliphatic carbocycles. The number of hydrogen-bond donors (Lipinski definition) is 1. The van der Waals surface area contributed by atoms with Crippen LogP contribution in [0.25, 0.3) is 0 Å². The monoisotopic (exact) mass is 342 g/mol. The van der Waals surface area contributed by atoms with Crippen LogP contribution in [0.5, 0.6) is 0 Å². The largest absolute Gasteiger partial charge is 0.393 e. The minimum atomic E-state index is -4.20. The minimum absolute atomic E-state index is 0.107. The summed E-state index contributed by atoms with van der Waals surface area (Å²) in [5, 5.41) is 2.89. The number of anilines is 1. The molecule has 0 radical (unpaired) electrons. The number of carbonyl (C=O) groups is 1. The Bertz CT molecular complexity index is 590. The van der Waals surface area contributed by atoms with E-state index in [1.165, 1.54) is 0 Å². The normalized spacial score (nSPS) is 20.7. The number of halogens is 3. The zero-order chi connectivity index (χ0) is 18.1. The maximum absolute atomic E-state index is 12.9. The Morgan fingerprint density at radius 3 is 2.38 bits per heavy atom. The summed E-state index contributed by atoms with van der Waals surface area (Å²) in [7, 11) is 0. The molecule has 0 unspecified atom stereocenters. The molecular weight excluding hydrogens is 317 g/mol. The molecule has 0 spiro atoms. The van der Waals surface area contributed by atoms with Gasteiger partial charge in [0.15, 0.2) is 0 Å². The van der Waals surface area contributed by atoms with Crippen molar-refractivity contribution in [2.24, 2.45) is 5.92 Å². The van der Waals surface area contributed by atoms with Crippen molar-refractivity contribution in [3.8, 4) is 0 Å². The molecule has 1 N–H and O–H groups in total. The van der Waals surface area contributed by atoms with Crippen LogP contribution in [0.2, 0.25) is 0 Å². The molecule has 1 fully saturated rings. The first-order chi connectivity index (χ1) is 11.1. The van der Waals surface area contributed by atoms with Gasteiger partial charge >= 0.3 is 6.18 Å². The summed E-state index contributed by atoms with van der Waals surface area (Å²) in [4.78, 5) is 14.2. The molecule has 1 aliphatic rings. The van der Waals surface area contributed by atoms with Crippen LogP contribution in [0.4, 0.5) is 18.9 Å². The molecule has 24 heavy (non-hydrogen) atoms. The smallest absolute Gasteiger partial charge is 0.324 e. The van der Waals surface area contributed by atoms with Crippen LogP contribution in [0.1, 0.15) is 36.5 Å². The predicted molar refractivity (Wildman–Crippen MR) is 89.1 cm³/mol. The molecular formula is C18H25F3N2O. The van der Waals surface area contributed by atoms with E-state index in [1.54, 1.807) is 11.8 Å². The molecule has 3 nitrogen and oxygen atoms in total. The second-order valence-corrected chi connectivity index (χ2v) is 6.81. The summed E-state index contributed by atoms with van der Waals surface area (Å²) in [6.45, 7) is 7.91. The lowest BCUT2D eigenvalue weighted by molar-refractivity contribution is -0.188. The second-order valence-electron chi connectivity index (χ2n) is 6.81. The van der Waals surface area contributed by atoms with Gasteiger partial charge in [-0.15, -0.1) is 0 Å². The van der Waals surface area contributed by atoms with Gasteiger partial charge in [-0.2, -0.15) is 13.2 Å². The summed E-state index contributed by atoms with van der Waals surface area (Å²) >= 11 is 0. The molecule has 1 aliphatic heterocycles. The first-order valence-corrected chi connectivity index (χ1v) is 8.29. The van der Waals surface area contributed by atoms with Gasteiger partial charge in [-0.25, -0.2) is 0 Å². The SMILES string of the molecule is Cc1cc(C)c(NC(=O)[C@H](C)N2CCC[C@H](C(F)(F)F)C2)c(C)c1. The van der Waals surface area contributed by atoms with Crippen molar-refractivity contribution in [3.05, 3.63) is 28.8 Å². The molecule has 2 rings (SSSR count). The number of nitrogens with one attached hydrogen (secondary N) is 1. The highest BCUT2D eigenvalue weighted by Gasteiger charge is 2.43. The van der Waals surface area contributed by atoms with Crippen molar-refractivity contribution in [3.63, 3.8) is 0 Å². The van der Waals surface area contributed by atoms with Gasteiger partial charge in [0.05, 0.1) is 12.0 Å². The number of alkyl halides is 3. The molecule has 0 bridgehead atoms. The molecule has 0 saturated carbocycles. The van der Waals surface area contributed by atoms with E-state index in [4.69, 9.17) is 0 Å². The average Bonchev–Trinajstić information content (AvgIpc) is 2.49. The Morgan fingerprint density at radius 2 is 1.83 bits per heavy atom. The van der Waals surface area contributed by atoms with Crippen LogP contribution in [-0.2, 0) is 4.79 Å². The highest BCUT2D eigenvalue weighted by atomic mass is 19.4. The molecule has 1 saturated heterocycles. The van der Waals surface area contributed by atoms with Crippen molar-refractivity contribution in [1.29, 1.82) is 0 Å². The Hall–Kier alpha value is -1.56. The predicted octanol–water partition coefficient (Wildman–Crippen LogP) is 4.21. The van der Waals surface area contributed by atoms with Gasteiger partial charge in [-0.05, 0) is 58.2 Å². The molecule has 1 heterocycles. The van der Waals surface area contributed by atoms with Gasteiger partial charge in [0, 0.05) is 12.2 Å². The number of amides is 1. The van der Waals surface area contributed by atoms with Crippen LogP contribution in [0.15, 0.2) is 12.1 Å². The number of benzene rings is 1. The van der Waals surface area contributed by atoms with E-state index in [-0.39, 0.29) is 18.9 Å². The van der Waals surface area contributed by atoms with Gasteiger partial charge in [0.1, 0.15) is 0 Å². The number of hydrogen-bond acceptors (Lipinski definition) is 2. The lowest BCUT2D eigenvalue weighted by atomic mass is 9.96. The number of likely N-dealkylation sites (tertiary alicyclic amines) is 1. The highest BCUT2D eigenvalue weighted by Crippen LogP contribution is 2.34. The van der Waals surface area contributed by atoms with E-state index < -0.39 is 18.1 Å². The van der Waals surface area contributed by atoms with E-state index in [1.807, 2.05) is 32.9 Å². The van der Waals surface area contributed by atoms with Gasteiger partial charge < -0.3 is 5.32 Å². The van der Waals surface area contributed by atoms with E-state index in [0.717, 1.165) is 22.4 Å². The summed E-state index contributed by atoms with van der Waals surface area (Å²) in [6, 6.07) is 3.37. The van der Waals surface area contributed by atoms with Crippen LogP contribution in [0.3, 0.4) is 0 Å². The maximum Gasteiger partial charge on any atom is 0.393 e. The fourth-order valence-electron chi connectivity index (χ4n) is 3.40. The van der Waals surface area contributed by atoms with E-state index >= 15 is 0 Å². The number of nitrogens with zero attached hydrogens (tertiary/aromatic N) is 1. The highest BCUT2D eigenvalue weighted by molar-refractivity contribution is 5.96. The quantitative estimate of drug-likeness (QED) is 0.892. The minimum Gasteiger partial charge on any atom is -0.324 e. The van der Waals surface area contributed by atoms with E-state index in [2.05, 4.69) is 5.32 Å². The average molecular weight is 342 g/mol. The fourth-order valence-corrected chi connectivity index (χ4v) is 3.40. The first-order valence-electron chi connectivity index (χ1n) is 8.29. The maximum atomic E-state index is 12.9. The van der Waals surface area contributed by atoms with Crippen molar-refractivity contribution in [1.82, 2.24) is 4.90 Å². The van der Waals surface area contributed by atoms with Crippen molar-refractivity contribution in [2.75, 3.05) is 18.4 Å². The van der Waals surface area contributed by atoms with Gasteiger partial charge in [0.2, 0.25) is 5.91 Å². The molecule has 134 valence electrons. The number of aryl methyl sites for hydroxylation is 3. The number of rotatable bonds is 3. The Morgan fingerprint density at radius 1 is 1.25 bits per heavy atom. The van der Waals surface area contributed by atoms with Crippen LogP contribution < -0.4 is 5.32 Å². The topological polar surface area (TPSA) is 32.3 Å². The lowest BCUT2D eigenvalue weighted by Crippen LogP contribution is -2.49. The second kappa shape index (κ2) is 7.13. The van der Waals surface area contributed by atoms with Crippen LogP contribution >= 0.6 is 0 Å². The molecule has 0 aromatic heterocycles. The number of carbonyl (C=O) groups excluding carboxylic acids is 1. The Balaban J connectivity index is 2.07. The van der Waals surface area contributed by atoms with Gasteiger partial charge in [-0.1, -0.05) is 17.7 Å². The third kappa shape index (κ3) is 4.29. The summed E-state index contributed by atoms with van der Waals surface area (Å²) in [5.41, 5.74) is 3.78. The summed E-state index contributed by atoms with van der Waals surface area (Å²) < 4.78 is 38.8. The summed E-state index contributed by atoms with van der Waals surface area (Å²) in [6.07, 6.45) is -3.59. The van der Waals surface area contributed by atoms with E-state index in [9.17, 15) is 18.0 Å². The lowest BCUT2D eigenvalue weighted by Gasteiger charge is -2.36. The third-order valence-electron chi connectivity index (χ3n) is 4.77. The Labute approximate surface area is 141 Å². The van der Waals surface area contributed by atoms with Crippen LogP contribution in [0, 0.1) is 26.7 Å². The van der Waals surface area contributed by atoms with E-state index in [0.29, 0.717) is 13.0 Å². The molecule has 2 atom stereocenters. The number of piperidine rings is 1.